The maximum atomic E-state index is 11.0. The molecule has 14 heteroatoms. The molecule has 4 heterocycles. The first kappa shape index (κ1) is 24.1. The highest BCUT2D eigenvalue weighted by Crippen LogP contribution is 2.42. The first-order chi connectivity index (χ1) is 15.9. The predicted octanol–water partition coefficient (Wildman–Crippen LogP) is 2.56. The molecule has 0 bridgehead atoms. The van der Waals surface area contributed by atoms with Crippen LogP contribution in [0.3, 0.4) is 0 Å². The number of rotatable bonds is 6. The van der Waals surface area contributed by atoms with Crippen LogP contribution < -0.4 is 0 Å². The molecule has 3 aromatic rings. The smallest absolute Gasteiger partial charge is 0.283 e. The SMILES string of the molecule is [C-]#[N+]c1ncc(Br)cc1S[C@H]1OC(CO)[C@H](O)[C@H](n2cc(-n3nc(Cl)cc3C)nn2)C1OC. The van der Waals surface area contributed by atoms with E-state index >= 15 is 0 Å². The van der Waals surface area contributed by atoms with Gasteiger partial charge in [0.15, 0.2) is 11.0 Å². The molecule has 0 amide bonds. The Hall–Kier alpha value is -2.05. The highest BCUT2D eigenvalue weighted by Gasteiger charge is 2.47. The number of hydrogen-bond donors (Lipinski definition) is 2. The van der Waals surface area contributed by atoms with Gasteiger partial charge in [0, 0.05) is 17.7 Å². The molecular weight excluding hydrogens is 538 g/mol. The lowest BCUT2D eigenvalue weighted by atomic mass is 9.97. The molecule has 0 aliphatic carbocycles. The van der Waals surface area contributed by atoms with Crippen LogP contribution in [0.4, 0.5) is 5.82 Å². The van der Waals surface area contributed by atoms with Gasteiger partial charge in [0.2, 0.25) is 0 Å². The van der Waals surface area contributed by atoms with Crippen molar-refractivity contribution in [3.8, 4) is 5.82 Å². The molecule has 1 fully saturated rings. The third-order valence-electron chi connectivity index (χ3n) is 5.12. The summed E-state index contributed by atoms with van der Waals surface area (Å²) < 4.78 is 15.4. The summed E-state index contributed by atoms with van der Waals surface area (Å²) in [5, 5.41) is 33.7. The van der Waals surface area contributed by atoms with Gasteiger partial charge in [-0.2, -0.15) is 5.10 Å². The van der Waals surface area contributed by atoms with Crippen molar-refractivity contribution in [3.63, 3.8) is 0 Å². The summed E-state index contributed by atoms with van der Waals surface area (Å²) in [7, 11) is 1.49. The first-order valence-corrected chi connectivity index (χ1v) is 11.7. The Kier molecular flexibility index (Phi) is 7.34. The Labute approximate surface area is 206 Å². The molecule has 0 spiro atoms. The van der Waals surface area contributed by atoms with Crippen LogP contribution in [0.1, 0.15) is 11.7 Å². The molecule has 1 aliphatic heterocycles. The van der Waals surface area contributed by atoms with Gasteiger partial charge in [0.25, 0.3) is 5.82 Å². The Morgan fingerprint density at radius 3 is 2.85 bits per heavy atom. The second-order valence-electron chi connectivity index (χ2n) is 7.19. The van der Waals surface area contributed by atoms with Gasteiger partial charge in [-0.15, -0.1) is 21.8 Å². The number of hydrogen-bond acceptors (Lipinski definition) is 9. The molecule has 33 heavy (non-hydrogen) atoms. The minimum atomic E-state index is -1.14. The third kappa shape index (κ3) is 4.78. The van der Waals surface area contributed by atoms with Crippen LogP contribution >= 0.6 is 39.3 Å². The Balaban J connectivity index is 1.69. The van der Waals surface area contributed by atoms with Crippen LogP contribution in [0.5, 0.6) is 0 Å². The normalized spacial score (nSPS) is 25.2. The van der Waals surface area contributed by atoms with Crippen LogP contribution in [0.15, 0.2) is 33.9 Å². The Morgan fingerprint density at radius 1 is 1.42 bits per heavy atom. The lowest BCUT2D eigenvalue weighted by Gasteiger charge is -2.43. The summed E-state index contributed by atoms with van der Waals surface area (Å²) in [6.07, 6.45) is 0.389. The van der Waals surface area contributed by atoms with Crippen molar-refractivity contribution in [2.75, 3.05) is 13.7 Å². The average molecular weight is 557 g/mol. The van der Waals surface area contributed by atoms with Crippen molar-refractivity contribution in [2.45, 2.75) is 41.6 Å². The van der Waals surface area contributed by atoms with E-state index in [1.54, 1.807) is 18.3 Å². The van der Waals surface area contributed by atoms with E-state index < -0.39 is 36.4 Å². The number of aliphatic hydroxyl groups is 2. The monoisotopic (exact) mass is 555 g/mol. The standard InChI is InChI=1S/C19H19BrClN7O4S/c1-9-4-13(21)25-28(9)14-7-27(26-24-14)15-16(30)11(8-29)32-19(17(15)31-3)33-12-5-10(20)6-23-18(12)22-2/h4-7,11,15-17,19,29-30H,8H2,1,3H3/t11?,15-,16-,17?,19+/m0/s1. The van der Waals surface area contributed by atoms with E-state index in [2.05, 4.69) is 41.2 Å². The van der Waals surface area contributed by atoms with Gasteiger partial charge in [-0.05, 0) is 35.0 Å². The zero-order valence-electron chi connectivity index (χ0n) is 17.4. The van der Waals surface area contributed by atoms with E-state index in [4.69, 9.17) is 27.6 Å². The summed E-state index contributed by atoms with van der Waals surface area (Å²) in [4.78, 5) is 8.16. The van der Waals surface area contributed by atoms with Crippen LogP contribution in [-0.2, 0) is 9.47 Å². The quantitative estimate of drug-likeness (QED) is 0.441. The second-order valence-corrected chi connectivity index (χ2v) is 9.63. The second kappa shape index (κ2) is 10.1. The van der Waals surface area contributed by atoms with E-state index in [0.29, 0.717) is 20.3 Å². The van der Waals surface area contributed by atoms with Crippen LogP contribution in [0, 0.1) is 13.5 Å². The van der Waals surface area contributed by atoms with Crippen LogP contribution in [0.2, 0.25) is 5.15 Å². The van der Waals surface area contributed by atoms with Crippen molar-refractivity contribution < 1.29 is 19.7 Å². The topological polar surface area (TPSA) is 125 Å². The zero-order valence-corrected chi connectivity index (χ0v) is 20.6. The fourth-order valence-electron chi connectivity index (χ4n) is 3.60. The summed E-state index contributed by atoms with van der Waals surface area (Å²) in [5.41, 5.74) is 0.0732. The number of nitrogens with zero attached hydrogens (tertiary/aromatic N) is 7. The summed E-state index contributed by atoms with van der Waals surface area (Å²) >= 11 is 10.6. The molecule has 2 N–H and O–H groups in total. The number of aryl methyl sites for hydroxylation is 1. The minimum Gasteiger partial charge on any atom is -0.394 e. The average Bonchev–Trinajstić information content (AvgIpc) is 3.40. The molecule has 4 rings (SSSR count). The van der Waals surface area contributed by atoms with E-state index in [0.717, 1.165) is 5.69 Å². The number of aliphatic hydroxyl groups excluding tert-OH is 2. The van der Waals surface area contributed by atoms with E-state index in [1.165, 1.54) is 34.4 Å². The summed E-state index contributed by atoms with van der Waals surface area (Å²) in [5.74, 6) is 0.614. The molecule has 1 aliphatic rings. The fraction of sp³-hybridized carbons (Fsp3) is 0.421. The lowest BCUT2D eigenvalue weighted by Crippen LogP contribution is -2.55. The van der Waals surface area contributed by atoms with Gasteiger partial charge < -0.3 is 24.5 Å². The van der Waals surface area contributed by atoms with E-state index in [9.17, 15) is 10.2 Å². The molecule has 1 saturated heterocycles. The van der Waals surface area contributed by atoms with Crippen LogP contribution in [0.25, 0.3) is 10.7 Å². The lowest BCUT2D eigenvalue weighted by molar-refractivity contribution is -0.186. The molecule has 0 aromatic carbocycles. The highest BCUT2D eigenvalue weighted by atomic mass is 79.9. The Bertz CT molecular complexity index is 1190. The zero-order chi connectivity index (χ0) is 23.7. The van der Waals surface area contributed by atoms with Gasteiger partial charge >= 0.3 is 0 Å². The summed E-state index contributed by atoms with van der Waals surface area (Å²) in [6.45, 7) is 8.80. The van der Waals surface area contributed by atoms with Crippen molar-refractivity contribution in [2.24, 2.45) is 0 Å². The van der Waals surface area contributed by atoms with Crippen LogP contribution in [-0.4, -0.2) is 77.4 Å². The molecule has 5 atom stereocenters. The minimum absolute atomic E-state index is 0.207. The van der Waals surface area contributed by atoms with Gasteiger partial charge in [-0.3, -0.25) is 0 Å². The number of aromatic nitrogens is 6. The van der Waals surface area contributed by atoms with Crippen molar-refractivity contribution in [1.29, 1.82) is 0 Å². The van der Waals surface area contributed by atoms with Crippen molar-refractivity contribution in [3.05, 3.63) is 51.3 Å². The molecule has 0 radical (unpaired) electrons. The molecule has 2 unspecified atom stereocenters. The molecule has 3 aromatic heterocycles. The third-order valence-corrected chi connectivity index (χ3v) is 6.91. The van der Waals surface area contributed by atoms with Gasteiger partial charge in [0.05, 0.1) is 17.3 Å². The van der Waals surface area contributed by atoms with Gasteiger partial charge in [0.1, 0.15) is 36.0 Å². The first-order valence-electron chi connectivity index (χ1n) is 9.67. The number of methoxy groups -OCH3 is 1. The van der Waals surface area contributed by atoms with Gasteiger partial charge in [-0.25, -0.2) is 9.36 Å². The number of halogens is 2. The summed E-state index contributed by atoms with van der Waals surface area (Å²) in [6, 6.07) is 2.70. The number of thioether (sulfide) groups is 1. The van der Waals surface area contributed by atoms with E-state index in [-0.39, 0.29) is 5.82 Å². The molecule has 11 nitrogen and oxygen atoms in total. The largest absolute Gasteiger partial charge is 0.394 e. The maximum absolute atomic E-state index is 11.0. The molecular formula is C19H19BrClN7O4S. The fourth-order valence-corrected chi connectivity index (χ4v) is 5.57. The molecule has 0 saturated carbocycles. The van der Waals surface area contributed by atoms with Crippen molar-refractivity contribution in [1.82, 2.24) is 29.8 Å². The Morgan fingerprint density at radius 2 is 2.21 bits per heavy atom. The predicted molar refractivity (Wildman–Crippen MR) is 123 cm³/mol. The van der Waals surface area contributed by atoms with Crippen molar-refractivity contribution >= 4 is 45.1 Å². The highest BCUT2D eigenvalue weighted by molar-refractivity contribution is 9.10. The number of ether oxygens (including phenoxy) is 2. The number of pyridine rings is 1. The molecule has 174 valence electrons. The van der Waals surface area contributed by atoms with Gasteiger partial charge in [-0.1, -0.05) is 23.4 Å². The maximum Gasteiger partial charge on any atom is 0.283 e. The van der Waals surface area contributed by atoms with E-state index in [1.807, 2.05) is 6.92 Å².